The van der Waals surface area contributed by atoms with Gasteiger partial charge in [-0.15, -0.1) is 0 Å². The number of aryl methyl sites for hydroxylation is 1. The van der Waals surface area contributed by atoms with Crippen LogP contribution in [0, 0.1) is 11.8 Å². The third kappa shape index (κ3) is 3.94. The molecule has 2 aliphatic heterocycles. The molecular formula is C22H31N3O3S. The van der Waals surface area contributed by atoms with Crippen LogP contribution in [0.1, 0.15) is 39.5 Å². The Morgan fingerprint density at radius 1 is 1.10 bits per heavy atom. The summed E-state index contributed by atoms with van der Waals surface area (Å²) in [5.74, 6) is 0.430. The first-order valence-corrected chi connectivity index (χ1v) is 12.2. The normalized spacial score (nSPS) is 24.1. The van der Waals surface area contributed by atoms with Crippen molar-refractivity contribution >= 4 is 26.8 Å². The number of rotatable bonds is 4. The van der Waals surface area contributed by atoms with Gasteiger partial charge in [0.1, 0.15) is 0 Å². The Kier molecular flexibility index (Phi) is 5.71. The molecule has 1 aromatic heterocycles. The summed E-state index contributed by atoms with van der Waals surface area (Å²) in [7, 11) is -3.61. The fourth-order valence-corrected chi connectivity index (χ4v) is 6.33. The minimum Gasteiger partial charge on any atom is -0.348 e. The molecule has 2 saturated heterocycles. The Balaban J connectivity index is 1.53. The van der Waals surface area contributed by atoms with E-state index in [4.69, 9.17) is 0 Å². The van der Waals surface area contributed by atoms with Crippen molar-refractivity contribution in [3.63, 3.8) is 0 Å². The van der Waals surface area contributed by atoms with E-state index in [2.05, 4.69) is 18.4 Å². The van der Waals surface area contributed by atoms with Gasteiger partial charge in [0.25, 0.3) is 0 Å². The van der Waals surface area contributed by atoms with Crippen LogP contribution in [0.3, 0.4) is 0 Å². The number of aromatic nitrogens is 1. The molecule has 0 bridgehead atoms. The van der Waals surface area contributed by atoms with Gasteiger partial charge in [-0.05, 0) is 62.8 Å². The minimum absolute atomic E-state index is 0.131. The van der Waals surface area contributed by atoms with Crippen molar-refractivity contribution < 1.29 is 13.2 Å². The van der Waals surface area contributed by atoms with E-state index in [0.29, 0.717) is 23.9 Å². The lowest BCUT2D eigenvalue weighted by Gasteiger charge is -2.37. The quantitative estimate of drug-likeness (QED) is 0.767. The molecule has 29 heavy (non-hydrogen) atoms. The van der Waals surface area contributed by atoms with Crippen molar-refractivity contribution in [1.29, 1.82) is 0 Å². The molecule has 0 saturated carbocycles. The second kappa shape index (κ2) is 8.11. The van der Waals surface area contributed by atoms with Crippen LogP contribution in [0.5, 0.6) is 0 Å². The molecule has 4 rings (SSSR count). The number of amides is 1. The van der Waals surface area contributed by atoms with E-state index in [1.807, 2.05) is 23.2 Å². The average Bonchev–Trinajstić information content (AvgIpc) is 3.15. The molecule has 6 nitrogen and oxygen atoms in total. The summed E-state index contributed by atoms with van der Waals surface area (Å²) in [5, 5.41) is 0.930. The average molecular weight is 418 g/mol. The zero-order valence-electron chi connectivity index (χ0n) is 17.4. The number of nitrogens with zero attached hydrogens (tertiary/aromatic N) is 3. The van der Waals surface area contributed by atoms with Crippen molar-refractivity contribution in [1.82, 2.24) is 13.8 Å². The topological polar surface area (TPSA) is 62.6 Å². The van der Waals surface area contributed by atoms with Crippen LogP contribution in [0.25, 0.3) is 10.9 Å². The molecule has 0 N–H and O–H groups in total. The van der Waals surface area contributed by atoms with Crippen molar-refractivity contribution in [3.05, 3.63) is 30.5 Å². The van der Waals surface area contributed by atoms with Crippen LogP contribution in [0.15, 0.2) is 35.4 Å². The van der Waals surface area contributed by atoms with Gasteiger partial charge < -0.3 is 9.47 Å². The molecule has 0 aliphatic carbocycles. The van der Waals surface area contributed by atoms with Gasteiger partial charge in [-0.25, -0.2) is 8.42 Å². The molecule has 2 fully saturated rings. The molecule has 7 heteroatoms. The van der Waals surface area contributed by atoms with E-state index >= 15 is 0 Å². The van der Waals surface area contributed by atoms with Gasteiger partial charge in [0.05, 0.1) is 10.8 Å². The van der Waals surface area contributed by atoms with Gasteiger partial charge in [-0.2, -0.15) is 4.31 Å². The highest BCUT2D eigenvalue weighted by Crippen LogP contribution is 2.28. The van der Waals surface area contributed by atoms with Crippen molar-refractivity contribution in [2.75, 3.05) is 26.2 Å². The Morgan fingerprint density at radius 2 is 1.90 bits per heavy atom. The van der Waals surface area contributed by atoms with Gasteiger partial charge >= 0.3 is 0 Å². The van der Waals surface area contributed by atoms with Crippen LogP contribution >= 0.6 is 0 Å². The Hall–Kier alpha value is -1.86. The monoisotopic (exact) mass is 417 g/mol. The van der Waals surface area contributed by atoms with Crippen LogP contribution < -0.4 is 0 Å². The van der Waals surface area contributed by atoms with E-state index in [9.17, 15) is 13.2 Å². The Bertz CT molecular complexity index is 998. The van der Waals surface area contributed by atoms with E-state index in [-0.39, 0.29) is 11.8 Å². The number of hydrogen-bond donors (Lipinski definition) is 0. The van der Waals surface area contributed by atoms with Crippen molar-refractivity contribution in [2.24, 2.45) is 11.8 Å². The lowest BCUT2D eigenvalue weighted by molar-refractivity contribution is -0.138. The fraction of sp³-hybridized carbons (Fsp3) is 0.591. The van der Waals surface area contributed by atoms with Gasteiger partial charge in [0.2, 0.25) is 15.9 Å². The van der Waals surface area contributed by atoms with E-state index < -0.39 is 10.0 Å². The van der Waals surface area contributed by atoms with Gasteiger partial charge in [0, 0.05) is 49.8 Å². The third-order valence-electron chi connectivity index (χ3n) is 6.42. The number of carbonyl (C=O) groups excluding carboxylic acids is 1. The zero-order chi connectivity index (χ0) is 20.6. The summed E-state index contributed by atoms with van der Waals surface area (Å²) < 4.78 is 30.2. The number of carbonyl (C=O) groups is 1. The van der Waals surface area contributed by atoms with Crippen LogP contribution in [-0.2, 0) is 21.4 Å². The number of hydrogen-bond acceptors (Lipinski definition) is 3. The molecule has 3 heterocycles. The summed E-state index contributed by atoms with van der Waals surface area (Å²) in [6.45, 7) is 7.47. The molecule has 1 aromatic carbocycles. The van der Waals surface area contributed by atoms with Crippen molar-refractivity contribution in [2.45, 2.75) is 51.0 Å². The van der Waals surface area contributed by atoms with E-state index in [0.717, 1.165) is 56.2 Å². The SMILES string of the molecule is CCn1ccc2cc(S(=O)(=O)N3CCC[C@@H](C(=O)N4CCC[C@@H](C)C4)C3)ccc21. The van der Waals surface area contributed by atoms with E-state index in [1.54, 1.807) is 12.1 Å². The fourth-order valence-electron chi connectivity index (χ4n) is 4.77. The molecule has 0 spiro atoms. The lowest BCUT2D eigenvalue weighted by atomic mass is 9.94. The largest absolute Gasteiger partial charge is 0.348 e. The second-order valence-corrected chi connectivity index (χ2v) is 10.5. The lowest BCUT2D eigenvalue weighted by Crippen LogP contribution is -2.48. The smallest absolute Gasteiger partial charge is 0.243 e. The van der Waals surface area contributed by atoms with Gasteiger partial charge in [0.15, 0.2) is 0 Å². The number of benzene rings is 1. The van der Waals surface area contributed by atoms with Gasteiger partial charge in [-0.1, -0.05) is 6.92 Å². The number of fused-ring (bicyclic) bond motifs is 1. The molecule has 158 valence electrons. The first-order valence-electron chi connectivity index (χ1n) is 10.8. The van der Waals surface area contributed by atoms with Crippen LogP contribution in [0.4, 0.5) is 0 Å². The number of piperidine rings is 2. The zero-order valence-corrected chi connectivity index (χ0v) is 18.2. The molecule has 0 radical (unpaired) electrons. The highest BCUT2D eigenvalue weighted by Gasteiger charge is 2.36. The summed E-state index contributed by atoms with van der Waals surface area (Å²) in [4.78, 5) is 15.3. The van der Waals surface area contributed by atoms with E-state index in [1.165, 1.54) is 4.31 Å². The third-order valence-corrected chi connectivity index (χ3v) is 8.28. The Morgan fingerprint density at radius 3 is 2.66 bits per heavy atom. The maximum absolute atomic E-state index is 13.3. The summed E-state index contributed by atoms with van der Waals surface area (Å²) >= 11 is 0. The number of sulfonamides is 1. The predicted octanol–water partition coefficient (Wildman–Crippen LogP) is 3.32. The first kappa shape index (κ1) is 20.4. The molecular weight excluding hydrogens is 386 g/mol. The molecule has 2 aliphatic rings. The highest BCUT2D eigenvalue weighted by atomic mass is 32.2. The first-order chi connectivity index (χ1) is 13.9. The Labute approximate surface area is 173 Å². The summed E-state index contributed by atoms with van der Waals surface area (Å²) in [6, 6.07) is 7.29. The summed E-state index contributed by atoms with van der Waals surface area (Å²) in [6.07, 6.45) is 5.69. The summed E-state index contributed by atoms with van der Waals surface area (Å²) in [5.41, 5.74) is 1.04. The maximum atomic E-state index is 13.3. The maximum Gasteiger partial charge on any atom is 0.243 e. The molecule has 1 amide bonds. The standard InChI is InChI=1S/C22H31N3O3S/c1-3-23-13-10-18-14-20(8-9-21(18)23)29(27,28)25-12-5-7-19(16-25)22(26)24-11-4-6-17(2)15-24/h8-10,13-14,17,19H,3-7,11-12,15-16H2,1-2H3/t17-,19-/m1/s1. The minimum atomic E-state index is -3.61. The van der Waals surface area contributed by atoms with Crippen LogP contribution in [-0.4, -0.2) is 54.3 Å². The van der Waals surface area contributed by atoms with Crippen LogP contribution in [0.2, 0.25) is 0 Å². The van der Waals surface area contributed by atoms with Crippen molar-refractivity contribution in [3.8, 4) is 0 Å². The number of likely N-dealkylation sites (tertiary alicyclic amines) is 1. The second-order valence-electron chi connectivity index (χ2n) is 8.56. The molecule has 2 aromatic rings. The molecule has 0 unspecified atom stereocenters. The predicted molar refractivity (Wildman–Crippen MR) is 114 cm³/mol. The molecule has 2 atom stereocenters. The van der Waals surface area contributed by atoms with Gasteiger partial charge in [-0.3, -0.25) is 4.79 Å². The highest BCUT2D eigenvalue weighted by molar-refractivity contribution is 7.89.